The Kier molecular flexibility index (Phi) is 2.60. The molecular weight excluding hydrogens is 267 g/mol. The smallest absolute Gasteiger partial charge is 0.209 e. The lowest BCUT2D eigenvalue weighted by molar-refractivity contribution is 0.628. The third kappa shape index (κ3) is 1.83. The van der Waals surface area contributed by atoms with E-state index in [1.165, 1.54) is 23.7 Å². The van der Waals surface area contributed by atoms with Crippen molar-refractivity contribution < 1.29 is 4.39 Å². The number of halogens is 2. The van der Waals surface area contributed by atoms with Crippen LogP contribution < -0.4 is 0 Å². The Hall–Kier alpha value is -0.810. The Morgan fingerprint density at radius 2 is 2.21 bits per heavy atom. The van der Waals surface area contributed by atoms with Gasteiger partial charge in [-0.1, -0.05) is 6.07 Å². The van der Waals surface area contributed by atoms with Crippen LogP contribution in [-0.2, 0) is 0 Å². The molecule has 0 fully saturated rings. The summed E-state index contributed by atoms with van der Waals surface area (Å²) in [4.78, 5) is 4.14. The second kappa shape index (κ2) is 3.74. The summed E-state index contributed by atoms with van der Waals surface area (Å²) in [6, 6.07) is 4.65. The first-order valence-corrected chi connectivity index (χ1v) is 5.49. The predicted molar refractivity (Wildman–Crippen MR) is 57.7 cm³/mol. The maximum Gasteiger partial charge on any atom is 0.209 e. The van der Waals surface area contributed by atoms with Gasteiger partial charge in [0.1, 0.15) is 10.8 Å². The van der Waals surface area contributed by atoms with Crippen molar-refractivity contribution in [3.63, 3.8) is 0 Å². The van der Waals surface area contributed by atoms with Crippen LogP contribution >= 0.6 is 27.5 Å². The largest absolute Gasteiger partial charge is 0.209 e. The van der Waals surface area contributed by atoms with Crippen LogP contribution in [0.2, 0.25) is 0 Å². The molecular formula is C9H6BrFN2S. The van der Waals surface area contributed by atoms with Gasteiger partial charge in [-0.2, -0.15) is 4.37 Å². The lowest BCUT2D eigenvalue weighted by Gasteiger charge is -2.00. The highest BCUT2D eigenvalue weighted by molar-refractivity contribution is 9.10. The second-order valence-corrected chi connectivity index (χ2v) is 4.29. The van der Waals surface area contributed by atoms with Crippen molar-refractivity contribution in [3.05, 3.63) is 34.3 Å². The van der Waals surface area contributed by atoms with Crippen LogP contribution in [0.3, 0.4) is 0 Å². The molecule has 0 amide bonds. The highest BCUT2D eigenvalue weighted by atomic mass is 79.9. The topological polar surface area (TPSA) is 25.8 Å². The Bertz CT molecular complexity index is 470. The van der Waals surface area contributed by atoms with Gasteiger partial charge in [0.2, 0.25) is 4.73 Å². The van der Waals surface area contributed by atoms with E-state index >= 15 is 0 Å². The molecule has 0 unspecified atom stereocenters. The minimum Gasteiger partial charge on any atom is -0.209 e. The maximum atomic E-state index is 13.0. The molecule has 2 aromatic rings. The lowest BCUT2D eigenvalue weighted by atomic mass is 10.1. The number of hydrogen-bond acceptors (Lipinski definition) is 3. The molecule has 0 N–H and O–H groups in total. The summed E-state index contributed by atoms with van der Waals surface area (Å²) in [6.45, 7) is 1.92. The zero-order valence-corrected chi connectivity index (χ0v) is 9.69. The van der Waals surface area contributed by atoms with Crippen LogP contribution in [-0.4, -0.2) is 9.36 Å². The van der Waals surface area contributed by atoms with Crippen LogP contribution in [0.1, 0.15) is 5.56 Å². The van der Waals surface area contributed by atoms with Crippen molar-refractivity contribution in [2.75, 3.05) is 0 Å². The molecule has 0 saturated carbocycles. The van der Waals surface area contributed by atoms with E-state index in [0.717, 1.165) is 16.1 Å². The molecule has 0 radical (unpaired) electrons. The number of aromatic nitrogens is 2. The second-order valence-electron chi connectivity index (χ2n) is 2.83. The molecule has 1 heterocycles. The summed E-state index contributed by atoms with van der Waals surface area (Å²) in [6.07, 6.45) is 0. The van der Waals surface area contributed by atoms with E-state index in [2.05, 4.69) is 25.3 Å². The zero-order chi connectivity index (χ0) is 10.1. The highest BCUT2D eigenvalue weighted by Gasteiger charge is 2.08. The van der Waals surface area contributed by atoms with Gasteiger partial charge in [0.15, 0.2) is 0 Å². The fraction of sp³-hybridized carbons (Fsp3) is 0.111. The molecule has 0 aliphatic carbocycles. The van der Waals surface area contributed by atoms with E-state index in [-0.39, 0.29) is 5.82 Å². The summed E-state index contributed by atoms with van der Waals surface area (Å²) < 4.78 is 17.5. The fourth-order valence-corrected chi connectivity index (χ4v) is 2.30. The lowest BCUT2D eigenvalue weighted by Crippen LogP contribution is -1.84. The molecule has 14 heavy (non-hydrogen) atoms. The average Bonchev–Trinajstić information content (AvgIpc) is 2.56. The monoisotopic (exact) mass is 272 g/mol. The minimum absolute atomic E-state index is 0.253. The van der Waals surface area contributed by atoms with E-state index < -0.39 is 0 Å². The molecule has 0 aliphatic rings. The van der Waals surface area contributed by atoms with Gasteiger partial charge in [-0.3, -0.25) is 0 Å². The van der Waals surface area contributed by atoms with E-state index in [9.17, 15) is 4.39 Å². The molecule has 5 heteroatoms. The SMILES string of the molecule is Cc1ccc(F)cc1-c1nc(Br)ns1. The van der Waals surface area contributed by atoms with Gasteiger partial charge in [-0.15, -0.1) is 0 Å². The molecule has 0 bridgehead atoms. The first kappa shape index (κ1) is 9.73. The standard InChI is InChI=1S/C9H6BrFN2S/c1-5-2-3-6(11)4-7(5)8-12-9(10)13-14-8/h2-4H,1H3. The Morgan fingerprint density at radius 1 is 1.43 bits per heavy atom. The van der Waals surface area contributed by atoms with Crippen molar-refractivity contribution in [2.45, 2.75) is 6.92 Å². The number of rotatable bonds is 1. The molecule has 0 spiro atoms. The van der Waals surface area contributed by atoms with Crippen LogP contribution in [0.25, 0.3) is 10.6 Å². The van der Waals surface area contributed by atoms with Crippen molar-refractivity contribution in [2.24, 2.45) is 0 Å². The number of hydrogen-bond donors (Lipinski definition) is 0. The number of benzene rings is 1. The van der Waals surface area contributed by atoms with E-state index in [1.54, 1.807) is 6.07 Å². The van der Waals surface area contributed by atoms with Gasteiger partial charge in [0.05, 0.1) is 0 Å². The molecule has 72 valence electrons. The molecule has 0 saturated heterocycles. The summed E-state index contributed by atoms with van der Waals surface area (Å²) in [5.41, 5.74) is 1.79. The summed E-state index contributed by atoms with van der Waals surface area (Å²) in [5, 5.41) is 0.730. The van der Waals surface area contributed by atoms with E-state index in [1.807, 2.05) is 6.92 Å². The Balaban J connectivity index is 2.55. The summed E-state index contributed by atoms with van der Waals surface area (Å²) >= 11 is 4.42. The van der Waals surface area contributed by atoms with Crippen LogP contribution in [0.5, 0.6) is 0 Å². The highest BCUT2D eigenvalue weighted by Crippen LogP contribution is 2.26. The summed E-state index contributed by atoms with van der Waals surface area (Å²) in [5.74, 6) is -0.253. The van der Waals surface area contributed by atoms with Gasteiger partial charge in [0.25, 0.3) is 0 Å². The van der Waals surface area contributed by atoms with Crippen LogP contribution in [0.4, 0.5) is 4.39 Å². The first-order valence-electron chi connectivity index (χ1n) is 3.92. The normalized spacial score (nSPS) is 10.5. The number of aryl methyl sites for hydroxylation is 1. The van der Waals surface area contributed by atoms with Gasteiger partial charge >= 0.3 is 0 Å². The van der Waals surface area contributed by atoms with E-state index in [0.29, 0.717) is 4.73 Å². The zero-order valence-electron chi connectivity index (χ0n) is 7.29. The van der Waals surface area contributed by atoms with E-state index in [4.69, 9.17) is 0 Å². The first-order chi connectivity index (χ1) is 6.66. The summed E-state index contributed by atoms with van der Waals surface area (Å²) in [7, 11) is 0. The van der Waals surface area contributed by atoms with Gasteiger partial charge in [-0.05, 0) is 52.1 Å². The Labute approximate surface area is 93.1 Å². The van der Waals surface area contributed by atoms with Crippen LogP contribution in [0.15, 0.2) is 22.9 Å². The predicted octanol–water partition coefficient (Wildman–Crippen LogP) is 3.42. The third-order valence-electron chi connectivity index (χ3n) is 1.83. The molecule has 0 atom stereocenters. The number of nitrogens with zero attached hydrogens (tertiary/aromatic N) is 2. The third-order valence-corrected chi connectivity index (χ3v) is 3.17. The average molecular weight is 273 g/mol. The minimum atomic E-state index is -0.253. The van der Waals surface area contributed by atoms with Crippen molar-refractivity contribution >= 4 is 27.5 Å². The van der Waals surface area contributed by atoms with Gasteiger partial charge < -0.3 is 0 Å². The van der Waals surface area contributed by atoms with Crippen LogP contribution in [0, 0.1) is 12.7 Å². The molecule has 0 aliphatic heterocycles. The molecule has 2 nitrogen and oxygen atoms in total. The maximum absolute atomic E-state index is 13.0. The van der Waals surface area contributed by atoms with Crippen molar-refractivity contribution in [1.29, 1.82) is 0 Å². The van der Waals surface area contributed by atoms with Crippen molar-refractivity contribution in [1.82, 2.24) is 9.36 Å². The van der Waals surface area contributed by atoms with Crippen molar-refractivity contribution in [3.8, 4) is 10.6 Å². The molecule has 1 aromatic carbocycles. The van der Waals surface area contributed by atoms with Gasteiger partial charge in [0, 0.05) is 5.56 Å². The molecule has 1 aromatic heterocycles. The fourth-order valence-electron chi connectivity index (χ4n) is 1.14. The molecule has 2 rings (SSSR count). The van der Waals surface area contributed by atoms with Gasteiger partial charge in [-0.25, -0.2) is 9.37 Å². The Morgan fingerprint density at radius 3 is 2.86 bits per heavy atom. The quantitative estimate of drug-likeness (QED) is 0.795.